The highest BCUT2D eigenvalue weighted by molar-refractivity contribution is 5.79. The molecule has 0 saturated heterocycles. The second-order valence-electron chi connectivity index (χ2n) is 4.75. The molecule has 0 spiro atoms. The van der Waals surface area contributed by atoms with E-state index in [-0.39, 0.29) is 11.6 Å². The van der Waals surface area contributed by atoms with Crippen molar-refractivity contribution in [3.63, 3.8) is 0 Å². The van der Waals surface area contributed by atoms with Gasteiger partial charge in [-0.25, -0.2) is 0 Å². The molecule has 2 rings (SSSR count). The van der Waals surface area contributed by atoms with E-state index in [0.29, 0.717) is 6.54 Å². The molecule has 0 aliphatic heterocycles. The van der Waals surface area contributed by atoms with Gasteiger partial charge in [-0.15, -0.1) is 0 Å². The molecule has 21 heavy (non-hydrogen) atoms. The Balaban J connectivity index is 2.07. The molecule has 112 valence electrons. The number of nitrogens with zero attached hydrogens (tertiary/aromatic N) is 6. The first-order valence-electron chi connectivity index (χ1n) is 6.30. The Kier molecular flexibility index (Phi) is 4.01. The van der Waals surface area contributed by atoms with Gasteiger partial charge in [0.25, 0.3) is 0 Å². The lowest BCUT2D eigenvalue weighted by Gasteiger charge is -2.21. The van der Waals surface area contributed by atoms with E-state index in [2.05, 4.69) is 10.2 Å². The summed E-state index contributed by atoms with van der Waals surface area (Å²) in [6.07, 6.45) is 4.04. The number of likely N-dealkylation sites (N-methyl/N-ethyl adjacent to an activating group) is 1. The monoisotopic (exact) mass is 292 g/mol. The summed E-state index contributed by atoms with van der Waals surface area (Å²) in [5, 5.41) is 18.5. The van der Waals surface area contributed by atoms with Crippen molar-refractivity contribution in [1.29, 1.82) is 0 Å². The van der Waals surface area contributed by atoms with E-state index in [9.17, 15) is 14.9 Å². The number of nitro groups is 1. The molecule has 2 heterocycles. The lowest BCUT2D eigenvalue weighted by atomic mass is 10.3. The van der Waals surface area contributed by atoms with Crippen LogP contribution in [0.1, 0.15) is 18.7 Å². The number of hydrogen-bond donors (Lipinski definition) is 0. The van der Waals surface area contributed by atoms with Crippen LogP contribution in [0.2, 0.25) is 0 Å². The van der Waals surface area contributed by atoms with E-state index < -0.39 is 11.0 Å². The molecule has 0 saturated carbocycles. The summed E-state index contributed by atoms with van der Waals surface area (Å²) in [4.78, 5) is 24.0. The third kappa shape index (κ3) is 3.07. The standard InChI is InChI=1S/C12H16N6O3/c1-9(17-8-11(6-14-17)18(20)21)12(19)15(2)7-10-4-5-13-16(10)3/h4-6,8-9H,7H2,1-3H3. The van der Waals surface area contributed by atoms with Crippen LogP contribution in [0.4, 0.5) is 5.69 Å². The van der Waals surface area contributed by atoms with Crippen LogP contribution in [-0.2, 0) is 18.4 Å². The molecule has 1 unspecified atom stereocenters. The van der Waals surface area contributed by atoms with Gasteiger partial charge in [0, 0.05) is 20.3 Å². The van der Waals surface area contributed by atoms with Gasteiger partial charge in [-0.3, -0.25) is 24.3 Å². The van der Waals surface area contributed by atoms with Crippen LogP contribution >= 0.6 is 0 Å². The van der Waals surface area contributed by atoms with Crippen molar-refractivity contribution in [1.82, 2.24) is 24.5 Å². The van der Waals surface area contributed by atoms with Gasteiger partial charge in [0.05, 0.1) is 17.2 Å². The van der Waals surface area contributed by atoms with Crippen LogP contribution in [0.5, 0.6) is 0 Å². The smallest absolute Gasteiger partial charge is 0.307 e. The third-order valence-electron chi connectivity index (χ3n) is 3.25. The molecule has 9 nitrogen and oxygen atoms in total. The molecule has 9 heteroatoms. The number of hydrogen-bond acceptors (Lipinski definition) is 5. The molecule has 0 bridgehead atoms. The maximum atomic E-state index is 12.3. The zero-order valence-electron chi connectivity index (χ0n) is 12.0. The predicted octanol–water partition coefficient (Wildman–Crippen LogP) is 0.744. The molecule has 2 aromatic heterocycles. The molecule has 0 aliphatic carbocycles. The number of amides is 1. The van der Waals surface area contributed by atoms with Crippen LogP contribution in [0.15, 0.2) is 24.7 Å². The summed E-state index contributed by atoms with van der Waals surface area (Å²) >= 11 is 0. The molecular formula is C12H16N6O3. The Morgan fingerprint density at radius 2 is 2.24 bits per heavy atom. The zero-order valence-corrected chi connectivity index (χ0v) is 12.0. The number of aromatic nitrogens is 4. The Labute approximate surface area is 120 Å². The molecule has 1 amide bonds. The van der Waals surface area contributed by atoms with E-state index in [4.69, 9.17) is 0 Å². The topological polar surface area (TPSA) is 99.1 Å². The second-order valence-corrected chi connectivity index (χ2v) is 4.75. The van der Waals surface area contributed by atoms with Crippen molar-refractivity contribution in [3.8, 4) is 0 Å². The third-order valence-corrected chi connectivity index (χ3v) is 3.25. The molecular weight excluding hydrogens is 276 g/mol. The largest absolute Gasteiger partial charge is 0.338 e. The van der Waals surface area contributed by atoms with Crippen LogP contribution in [0.25, 0.3) is 0 Å². The second kappa shape index (κ2) is 5.73. The van der Waals surface area contributed by atoms with E-state index in [1.807, 2.05) is 6.07 Å². The average molecular weight is 292 g/mol. The van der Waals surface area contributed by atoms with Gasteiger partial charge in [0.1, 0.15) is 18.4 Å². The highest BCUT2D eigenvalue weighted by atomic mass is 16.6. The molecule has 0 fully saturated rings. The zero-order chi connectivity index (χ0) is 15.6. The fraction of sp³-hybridized carbons (Fsp3) is 0.417. The summed E-state index contributed by atoms with van der Waals surface area (Å²) in [7, 11) is 3.47. The minimum absolute atomic E-state index is 0.135. The first-order valence-corrected chi connectivity index (χ1v) is 6.30. The molecule has 0 N–H and O–H groups in total. The summed E-state index contributed by atoms with van der Waals surface area (Å²) in [6, 6.07) is 1.21. The maximum absolute atomic E-state index is 12.3. The van der Waals surface area contributed by atoms with E-state index in [1.165, 1.54) is 15.8 Å². The normalized spacial score (nSPS) is 12.1. The summed E-state index contributed by atoms with van der Waals surface area (Å²) < 4.78 is 2.98. The van der Waals surface area contributed by atoms with Crippen molar-refractivity contribution in [2.24, 2.45) is 7.05 Å². The average Bonchev–Trinajstić information content (AvgIpc) is 3.07. The van der Waals surface area contributed by atoms with Crippen LogP contribution in [-0.4, -0.2) is 42.3 Å². The van der Waals surface area contributed by atoms with Gasteiger partial charge in [-0.05, 0) is 13.0 Å². The first kappa shape index (κ1) is 14.7. The number of carbonyl (C=O) groups excluding carboxylic acids is 1. The molecule has 2 aromatic rings. The molecule has 0 radical (unpaired) electrons. The minimum Gasteiger partial charge on any atom is -0.338 e. The quantitative estimate of drug-likeness (QED) is 0.598. The van der Waals surface area contributed by atoms with Crippen molar-refractivity contribution in [2.75, 3.05) is 7.05 Å². The van der Waals surface area contributed by atoms with E-state index >= 15 is 0 Å². The highest BCUT2D eigenvalue weighted by Gasteiger charge is 2.22. The summed E-state index contributed by atoms with van der Waals surface area (Å²) in [5.74, 6) is -0.186. The van der Waals surface area contributed by atoms with Gasteiger partial charge in [-0.2, -0.15) is 10.2 Å². The predicted molar refractivity (Wildman–Crippen MR) is 73.3 cm³/mol. The van der Waals surface area contributed by atoms with E-state index in [0.717, 1.165) is 11.9 Å². The SMILES string of the molecule is CC(C(=O)N(C)Cc1ccnn1C)n1cc([N+](=O)[O-])cn1. The van der Waals surface area contributed by atoms with Crippen LogP contribution in [0.3, 0.4) is 0 Å². The van der Waals surface area contributed by atoms with Crippen molar-refractivity contribution >= 4 is 11.6 Å². The number of rotatable bonds is 5. The first-order chi connectivity index (χ1) is 9.90. The minimum atomic E-state index is -0.614. The fourth-order valence-corrected chi connectivity index (χ4v) is 1.94. The van der Waals surface area contributed by atoms with Crippen LogP contribution < -0.4 is 0 Å². The van der Waals surface area contributed by atoms with Gasteiger partial charge >= 0.3 is 5.69 Å². The van der Waals surface area contributed by atoms with Crippen LogP contribution in [0, 0.1) is 10.1 Å². The van der Waals surface area contributed by atoms with Crippen molar-refractivity contribution in [3.05, 3.63) is 40.5 Å². The fourth-order valence-electron chi connectivity index (χ4n) is 1.94. The van der Waals surface area contributed by atoms with Gasteiger partial charge < -0.3 is 4.90 Å². The number of carbonyl (C=O) groups is 1. The molecule has 0 aromatic carbocycles. The maximum Gasteiger partial charge on any atom is 0.307 e. The Hall–Kier alpha value is -2.71. The van der Waals surface area contributed by atoms with Crippen molar-refractivity contribution < 1.29 is 9.72 Å². The van der Waals surface area contributed by atoms with Gasteiger partial charge in [-0.1, -0.05) is 0 Å². The highest BCUT2D eigenvalue weighted by Crippen LogP contribution is 2.15. The van der Waals surface area contributed by atoms with Gasteiger partial charge in [0.15, 0.2) is 0 Å². The van der Waals surface area contributed by atoms with Crippen molar-refractivity contribution in [2.45, 2.75) is 19.5 Å². The lowest BCUT2D eigenvalue weighted by molar-refractivity contribution is -0.385. The van der Waals surface area contributed by atoms with E-state index in [1.54, 1.807) is 31.9 Å². The summed E-state index contributed by atoms with van der Waals surface area (Å²) in [6.45, 7) is 2.06. The Morgan fingerprint density at radius 1 is 1.52 bits per heavy atom. The Bertz CT molecular complexity index is 662. The molecule has 1 atom stereocenters. The Morgan fingerprint density at radius 3 is 2.76 bits per heavy atom. The lowest BCUT2D eigenvalue weighted by Crippen LogP contribution is -2.33. The summed E-state index contributed by atoms with van der Waals surface area (Å²) in [5.41, 5.74) is 0.758. The van der Waals surface area contributed by atoms with Gasteiger partial charge in [0.2, 0.25) is 5.91 Å². The molecule has 0 aliphatic rings. The number of aryl methyl sites for hydroxylation is 1.